The van der Waals surface area contributed by atoms with Gasteiger partial charge in [-0.1, -0.05) is 13.0 Å². The zero-order valence-electron chi connectivity index (χ0n) is 15.7. The van der Waals surface area contributed by atoms with Gasteiger partial charge >= 0.3 is 0 Å². The Bertz CT molecular complexity index is 695. The van der Waals surface area contributed by atoms with E-state index in [2.05, 4.69) is 33.8 Å². The van der Waals surface area contributed by atoms with Crippen molar-refractivity contribution in [3.63, 3.8) is 0 Å². The molecule has 4 nitrogen and oxygen atoms in total. The van der Waals surface area contributed by atoms with E-state index in [1.54, 1.807) is 0 Å². The zero-order valence-corrected chi connectivity index (χ0v) is 15.7. The molecule has 3 rings (SSSR count). The summed E-state index contributed by atoms with van der Waals surface area (Å²) in [5.74, 6) is 0.0196. The van der Waals surface area contributed by atoms with Gasteiger partial charge in [-0.2, -0.15) is 0 Å². The van der Waals surface area contributed by atoms with Gasteiger partial charge < -0.3 is 4.74 Å². The number of pyridine rings is 1. The third-order valence-electron chi connectivity index (χ3n) is 5.16. The first-order valence-electron chi connectivity index (χ1n) is 9.37. The standard InChI is InChI=1S/C21H28FN3O/c1-3-25(15-17-8-10-23-11-9-17)19-5-4-12-24(16-19)14-18-6-7-20(22)21(13-18)26-2/h6-11,13,19H,3-5,12,14-16H2,1-2H3/t19-/m0/s1. The molecule has 0 saturated carbocycles. The van der Waals surface area contributed by atoms with Crippen LogP contribution in [0.3, 0.4) is 0 Å². The average molecular weight is 357 g/mol. The van der Waals surface area contributed by atoms with Crippen LogP contribution in [0.5, 0.6) is 5.75 Å². The molecule has 2 aromatic rings. The van der Waals surface area contributed by atoms with Crippen LogP contribution < -0.4 is 4.74 Å². The number of hydrogen-bond donors (Lipinski definition) is 0. The van der Waals surface area contributed by atoms with Gasteiger partial charge in [0.1, 0.15) is 0 Å². The molecule has 2 heterocycles. The lowest BCUT2D eigenvalue weighted by molar-refractivity contribution is 0.0917. The van der Waals surface area contributed by atoms with Crippen LogP contribution in [0.15, 0.2) is 42.7 Å². The predicted molar refractivity (Wildman–Crippen MR) is 102 cm³/mol. The molecule has 0 unspecified atom stereocenters. The van der Waals surface area contributed by atoms with Gasteiger partial charge in [0, 0.05) is 38.1 Å². The van der Waals surface area contributed by atoms with Crippen molar-refractivity contribution >= 4 is 0 Å². The Labute approximate surface area is 155 Å². The number of likely N-dealkylation sites (tertiary alicyclic amines) is 1. The monoisotopic (exact) mass is 357 g/mol. The maximum absolute atomic E-state index is 13.6. The van der Waals surface area contributed by atoms with Gasteiger partial charge in [-0.15, -0.1) is 0 Å². The van der Waals surface area contributed by atoms with Gasteiger partial charge in [0.2, 0.25) is 0 Å². The molecule has 1 aromatic heterocycles. The van der Waals surface area contributed by atoms with Crippen LogP contribution in [-0.4, -0.2) is 47.6 Å². The summed E-state index contributed by atoms with van der Waals surface area (Å²) < 4.78 is 18.7. The van der Waals surface area contributed by atoms with Crippen LogP contribution in [0.1, 0.15) is 30.9 Å². The molecule has 1 fully saturated rings. The van der Waals surface area contributed by atoms with Crippen molar-refractivity contribution in [1.29, 1.82) is 0 Å². The van der Waals surface area contributed by atoms with E-state index in [0.717, 1.165) is 38.3 Å². The van der Waals surface area contributed by atoms with Crippen molar-refractivity contribution in [2.24, 2.45) is 0 Å². The van der Waals surface area contributed by atoms with Crippen LogP contribution in [0.4, 0.5) is 4.39 Å². The van der Waals surface area contributed by atoms with Gasteiger partial charge in [-0.05, 0) is 61.3 Å². The lowest BCUT2D eigenvalue weighted by Gasteiger charge is -2.39. The quantitative estimate of drug-likeness (QED) is 0.755. The highest BCUT2D eigenvalue weighted by molar-refractivity contribution is 5.30. The van der Waals surface area contributed by atoms with E-state index in [9.17, 15) is 4.39 Å². The number of piperidine rings is 1. The maximum Gasteiger partial charge on any atom is 0.165 e. The van der Waals surface area contributed by atoms with Crippen LogP contribution >= 0.6 is 0 Å². The van der Waals surface area contributed by atoms with E-state index in [1.165, 1.54) is 31.6 Å². The highest BCUT2D eigenvalue weighted by Crippen LogP contribution is 2.23. The van der Waals surface area contributed by atoms with Crippen molar-refractivity contribution in [2.45, 2.75) is 38.9 Å². The second kappa shape index (κ2) is 9.10. The van der Waals surface area contributed by atoms with E-state index in [4.69, 9.17) is 4.74 Å². The van der Waals surface area contributed by atoms with E-state index in [1.807, 2.05) is 24.5 Å². The number of nitrogens with zero attached hydrogens (tertiary/aromatic N) is 3. The second-order valence-electron chi connectivity index (χ2n) is 6.92. The highest BCUT2D eigenvalue weighted by atomic mass is 19.1. The van der Waals surface area contributed by atoms with Crippen LogP contribution in [0, 0.1) is 5.82 Å². The van der Waals surface area contributed by atoms with Gasteiger partial charge in [0.15, 0.2) is 11.6 Å². The van der Waals surface area contributed by atoms with Crippen molar-refractivity contribution in [3.8, 4) is 5.75 Å². The molecule has 0 aliphatic carbocycles. The minimum atomic E-state index is -0.303. The zero-order chi connectivity index (χ0) is 18.4. The Morgan fingerprint density at radius 2 is 2.04 bits per heavy atom. The first kappa shape index (κ1) is 18.8. The van der Waals surface area contributed by atoms with Gasteiger partial charge in [0.25, 0.3) is 0 Å². The molecule has 1 aromatic carbocycles. The SMILES string of the molecule is CCN(Cc1ccncc1)[C@H]1CCCN(Cc2ccc(F)c(OC)c2)C1. The summed E-state index contributed by atoms with van der Waals surface area (Å²) in [6.45, 7) is 7.18. The number of halogens is 1. The van der Waals surface area contributed by atoms with Gasteiger partial charge in [-0.3, -0.25) is 14.8 Å². The number of ether oxygens (including phenoxy) is 1. The average Bonchev–Trinajstić information content (AvgIpc) is 2.68. The highest BCUT2D eigenvalue weighted by Gasteiger charge is 2.24. The molecule has 0 spiro atoms. The fourth-order valence-electron chi connectivity index (χ4n) is 3.76. The fraction of sp³-hybridized carbons (Fsp3) is 0.476. The number of benzene rings is 1. The molecular weight excluding hydrogens is 329 g/mol. The van der Waals surface area contributed by atoms with E-state index < -0.39 is 0 Å². The Balaban J connectivity index is 1.62. The molecule has 140 valence electrons. The molecule has 1 atom stereocenters. The smallest absolute Gasteiger partial charge is 0.165 e. The van der Waals surface area contributed by atoms with Crippen molar-refractivity contribution in [2.75, 3.05) is 26.7 Å². The van der Waals surface area contributed by atoms with E-state index in [0.29, 0.717) is 11.8 Å². The number of likely N-dealkylation sites (N-methyl/N-ethyl adjacent to an activating group) is 1. The van der Waals surface area contributed by atoms with Crippen molar-refractivity contribution in [1.82, 2.24) is 14.8 Å². The molecule has 5 heteroatoms. The third kappa shape index (κ3) is 4.80. The number of aromatic nitrogens is 1. The van der Waals surface area contributed by atoms with Crippen LogP contribution in [0.25, 0.3) is 0 Å². The molecule has 0 N–H and O–H groups in total. The summed E-state index contributed by atoms with van der Waals surface area (Å²) in [4.78, 5) is 9.12. The second-order valence-corrected chi connectivity index (χ2v) is 6.92. The minimum Gasteiger partial charge on any atom is -0.494 e. The lowest BCUT2D eigenvalue weighted by Crippen LogP contribution is -2.47. The Kier molecular flexibility index (Phi) is 6.58. The summed E-state index contributed by atoms with van der Waals surface area (Å²) in [6, 6.07) is 9.90. The number of hydrogen-bond acceptors (Lipinski definition) is 4. The Morgan fingerprint density at radius 3 is 2.77 bits per heavy atom. The molecule has 0 radical (unpaired) electrons. The van der Waals surface area contributed by atoms with Crippen molar-refractivity contribution < 1.29 is 9.13 Å². The maximum atomic E-state index is 13.6. The topological polar surface area (TPSA) is 28.6 Å². The molecule has 1 aliphatic heterocycles. The van der Waals surface area contributed by atoms with E-state index in [-0.39, 0.29) is 5.82 Å². The van der Waals surface area contributed by atoms with Gasteiger partial charge in [-0.25, -0.2) is 4.39 Å². The van der Waals surface area contributed by atoms with Crippen LogP contribution in [0.2, 0.25) is 0 Å². The van der Waals surface area contributed by atoms with Crippen molar-refractivity contribution in [3.05, 3.63) is 59.7 Å². The normalized spacial score (nSPS) is 18.2. The lowest BCUT2D eigenvalue weighted by atomic mass is 10.0. The first-order valence-corrected chi connectivity index (χ1v) is 9.37. The number of rotatable bonds is 7. The third-order valence-corrected chi connectivity index (χ3v) is 5.16. The first-order chi connectivity index (χ1) is 12.7. The molecule has 0 amide bonds. The Hall–Kier alpha value is -1.98. The molecule has 0 bridgehead atoms. The summed E-state index contributed by atoms with van der Waals surface area (Å²) in [6.07, 6.45) is 6.13. The predicted octanol–water partition coefficient (Wildman–Crippen LogP) is 3.72. The minimum absolute atomic E-state index is 0.303. The summed E-state index contributed by atoms with van der Waals surface area (Å²) in [5.41, 5.74) is 2.41. The summed E-state index contributed by atoms with van der Waals surface area (Å²) in [5, 5.41) is 0. The summed E-state index contributed by atoms with van der Waals surface area (Å²) >= 11 is 0. The summed E-state index contributed by atoms with van der Waals surface area (Å²) in [7, 11) is 1.51. The fourth-order valence-corrected chi connectivity index (χ4v) is 3.76. The molecule has 1 aliphatic rings. The van der Waals surface area contributed by atoms with E-state index >= 15 is 0 Å². The largest absolute Gasteiger partial charge is 0.494 e. The Morgan fingerprint density at radius 1 is 1.23 bits per heavy atom. The molecule has 26 heavy (non-hydrogen) atoms. The molecular formula is C21H28FN3O. The van der Waals surface area contributed by atoms with Gasteiger partial charge in [0.05, 0.1) is 7.11 Å². The number of methoxy groups -OCH3 is 1. The molecule has 1 saturated heterocycles. The van der Waals surface area contributed by atoms with Crippen LogP contribution in [-0.2, 0) is 13.1 Å².